The van der Waals surface area contributed by atoms with Gasteiger partial charge in [-0.1, -0.05) is 12.1 Å². The van der Waals surface area contributed by atoms with Crippen LogP contribution in [-0.2, 0) is 11.2 Å². The molecular formula is C16H14N2O4. The van der Waals surface area contributed by atoms with Crippen molar-refractivity contribution < 1.29 is 18.4 Å². The normalized spacial score (nSPS) is 10.6. The van der Waals surface area contributed by atoms with E-state index in [1.54, 1.807) is 12.3 Å². The van der Waals surface area contributed by atoms with Crippen LogP contribution in [0.2, 0.25) is 0 Å². The Balaban J connectivity index is 1.62. The van der Waals surface area contributed by atoms with Crippen LogP contribution in [0.1, 0.15) is 21.7 Å². The highest BCUT2D eigenvalue weighted by molar-refractivity contribution is 5.93. The van der Waals surface area contributed by atoms with Crippen molar-refractivity contribution in [1.29, 1.82) is 0 Å². The van der Waals surface area contributed by atoms with E-state index in [1.807, 2.05) is 25.1 Å². The minimum absolute atomic E-state index is 0.106. The zero-order valence-corrected chi connectivity index (χ0v) is 11.9. The van der Waals surface area contributed by atoms with Crippen LogP contribution in [0.25, 0.3) is 11.0 Å². The molecular weight excluding hydrogens is 284 g/mol. The molecule has 112 valence electrons. The number of rotatable bonds is 3. The molecule has 6 heteroatoms. The number of amides is 2. The zero-order chi connectivity index (χ0) is 15.5. The monoisotopic (exact) mass is 298 g/mol. The lowest BCUT2D eigenvalue weighted by molar-refractivity contribution is -0.121. The number of hydrogen-bond donors (Lipinski definition) is 2. The van der Waals surface area contributed by atoms with Crippen LogP contribution >= 0.6 is 0 Å². The van der Waals surface area contributed by atoms with Gasteiger partial charge in [0.2, 0.25) is 5.91 Å². The summed E-state index contributed by atoms with van der Waals surface area (Å²) >= 11 is 0. The Bertz CT molecular complexity index is 818. The van der Waals surface area contributed by atoms with Gasteiger partial charge in [0.05, 0.1) is 18.9 Å². The Hall–Kier alpha value is -3.02. The number of nitrogens with one attached hydrogen (secondary N) is 2. The Morgan fingerprint density at radius 3 is 2.77 bits per heavy atom. The van der Waals surface area contributed by atoms with Gasteiger partial charge in [-0.2, -0.15) is 0 Å². The molecule has 2 heterocycles. The molecule has 0 atom stereocenters. The lowest BCUT2D eigenvalue weighted by Crippen LogP contribution is -2.42. The molecule has 0 spiro atoms. The summed E-state index contributed by atoms with van der Waals surface area (Å²) in [5.41, 5.74) is 7.23. The first-order valence-corrected chi connectivity index (χ1v) is 6.73. The van der Waals surface area contributed by atoms with Gasteiger partial charge in [-0.05, 0) is 30.7 Å². The van der Waals surface area contributed by atoms with Crippen LogP contribution in [0.5, 0.6) is 0 Å². The molecule has 0 aliphatic heterocycles. The van der Waals surface area contributed by atoms with Gasteiger partial charge in [0, 0.05) is 10.9 Å². The average molecular weight is 298 g/mol. The molecule has 2 aromatic heterocycles. The van der Waals surface area contributed by atoms with Crippen LogP contribution in [0.15, 0.2) is 51.7 Å². The Morgan fingerprint density at radius 1 is 1.14 bits per heavy atom. The first kappa shape index (κ1) is 13.9. The third kappa shape index (κ3) is 2.85. The lowest BCUT2D eigenvalue weighted by Gasteiger charge is -2.05. The van der Waals surface area contributed by atoms with E-state index in [0.717, 1.165) is 22.1 Å². The average Bonchev–Trinajstić information content (AvgIpc) is 3.15. The van der Waals surface area contributed by atoms with E-state index in [2.05, 4.69) is 10.9 Å². The van der Waals surface area contributed by atoms with Gasteiger partial charge in [-0.3, -0.25) is 20.4 Å². The number of carbonyl (C=O) groups excluding carboxylic acids is 2. The topological polar surface area (TPSA) is 84.5 Å². The highest BCUT2D eigenvalue weighted by Crippen LogP contribution is 2.22. The first-order chi connectivity index (χ1) is 10.6. The van der Waals surface area contributed by atoms with E-state index in [9.17, 15) is 9.59 Å². The molecule has 2 amide bonds. The van der Waals surface area contributed by atoms with Crippen molar-refractivity contribution in [3.05, 3.63) is 59.7 Å². The second-order valence-corrected chi connectivity index (χ2v) is 4.92. The van der Waals surface area contributed by atoms with Crippen molar-refractivity contribution in [2.45, 2.75) is 13.3 Å². The molecule has 0 unspecified atom stereocenters. The number of aryl methyl sites for hydroxylation is 1. The fourth-order valence-electron chi connectivity index (χ4n) is 2.14. The van der Waals surface area contributed by atoms with Gasteiger partial charge in [0.1, 0.15) is 5.58 Å². The number of fused-ring (bicyclic) bond motifs is 1. The van der Waals surface area contributed by atoms with Crippen molar-refractivity contribution in [3.8, 4) is 0 Å². The maximum absolute atomic E-state index is 11.9. The van der Waals surface area contributed by atoms with Crippen molar-refractivity contribution in [2.24, 2.45) is 0 Å². The molecule has 0 aliphatic carbocycles. The maximum Gasteiger partial charge on any atom is 0.305 e. The quantitative estimate of drug-likeness (QED) is 0.727. The van der Waals surface area contributed by atoms with E-state index in [1.165, 1.54) is 12.3 Å². The SMILES string of the molecule is Cc1ccc2c(CC(=O)NNC(=O)c3ccco3)coc2c1. The molecule has 1 aromatic carbocycles. The predicted octanol–water partition coefficient (Wildman–Crippen LogP) is 2.34. The summed E-state index contributed by atoms with van der Waals surface area (Å²) in [5, 5.41) is 0.887. The van der Waals surface area contributed by atoms with Gasteiger partial charge in [0.15, 0.2) is 5.76 Å². The first-order valence-electron chi connectivity index (χ1n) is 6.73. The summed E-state index contributed by atoms with van der Waals surface area (Å²) < 4.78 is 10.4. The molecule has 0 saturated heterocycles. The summed E-state index contributed by atoms with van der Waals surface area (Å²) in [4.78, 5) is 23.5. The number of carbonyl (C=O) groups is 2. The molecule has 22 heavy (non-hydrogen) atoms. The van der Waals surface area contributed by atoms with Gasteiger partial charge < -0.3 is 8.83 Å². The minimum Gasteiger partial charge on any atom is -0.464 e. The fourth-order valence-corrected chi connectivity index (χ4v) is 2.14. The summed E-state index contributed by atoms with van der Waals surface area (Å²) in [6.07, 6.45) is 3.04. The van der Waals surface area contributed by atoms with Crippen molar-refractivity contribution in [3.63, 3.8) is 0 Å². The lowest BCUT2D eigenvalue weighted by atomic mass is 10.1. The molecule has 0 bridgehead atoms. The Labute approximate surface area is 126 Å². The highest BCUT2D eigenvalue weighted by atomic mass is 16.3. The minimum atomic E-state index is -0.508. The molecule has 0 fully saturated rings. The van der Waals surface area contributed by atoms with E-state index in [4.69, 9.17) is 8.83 Å². The van der Waals surface area contributed by atoms with Crippen molar-refractivity contribution in [2.75, 3.05) is 0 Å². The second kappa shape index (κ2) is 5.77. The van der Waals surface area contributed by atoms with Gasteiger partial charge >= 0.3 is 5.91 Å². The van der Waals surface area contributed by atoms with E-state index >= 15 is 0 Å². The van der Waals surface area contributed by atoms with Gasteiger partial charge in [-0.25, -0.2) is 0 Å². The molecule has 3 rings (SSSR count). The van der Waals surface area contributed by atoms with Crippen LogP contribution in [0.3, 0.4) is 0 Å². The second-order valence-electron chi connectivity index (χ2n) is 4.92. The summed E-state index contributed by atoms with van der Waals surface area (Å²) in [6, 6.07) is 8.88. The number of furan rings is 2. The van der Waals surface area contributed by atoms with E-state index < -0.39 is 5.91 Å². The van der Waals surface area contributed by atoms with Gasteiger partial charge in [0.25, 0.3) is 0 Å². The van der Waals surface area contributed by atoms with Crippen LogP contribution in [0, 0.1) is 6.92 Å². The summed E-state index contributed by atoms with van der Waals surface area (Å²) in [5.74, 6) is -0.723. The van der Waals surface area contributed by atoms with Crippen molar-refractivity contribution in [1.82, 2.24) is 10.9 Å². The van der Waals surface area contributed by atoms with E-state index in [-0.39, 0.29) is 18.1 Å². The van der Waals surface area contributed by atoms with Crippen LogP contribution in [0.4, 0.5) is 0 Å². The van der Waals surface area contributed by atoms with Gasteiger partial charge in [-0.15, -0.1) is 0 Å². The molecule has 6 nitrogen and oxygen atoms in total. The number of hydrazine groups is 1. The number of hydrogen-bond acceptors (Lipinski definition) is 4. The summed E-state index contributed by atoms with van der Waals surface area (Å²) in [7, 11) is 0. The third-order valence-electron chi connectivity index (χ3n) is 3.22. The Kier molecular flexibility index (Phi) is 3.65. The van der Waals surface area contributed by atoms with Crippen LogP contribution in [-0.4, -0.2) is 11.8 Å². The molecule has 0 radical (unpaired) electrons. The molecule has 0 saturated carbocycles. The van der Waals surface area contributed by atoms with Crippen molar-refractivity contribution >= 4 is 22.8 Å². The number of benzene rings is 1. The molecule has 2 N–H and O–H groups in total. The maximum atomic E-state index is 11.9. The standard InChI is InChI=1S/C16H14N2O4/c1-10-4-5-12-11(9-22-14(12)7-10)8-15(19)17-18-16(20)13-3-2-6-21-13/h2-7,9H,8H2,1H3,(H,17,19)(H,18,20). The van der Waals surface area contributed by atoms with Crippen LogP contribution < -0.4 is 10.9 Å². The fraction of sp³-hybridized carbons (Fsp3) is 0.125. The predicted molar refractivity (Wildman–Crippen MR) is 79.0 cm³/mol. The van der Waals surface area contributed by atoms with E-state index in [0.29, 0.717) is 0 Å². The highest BCUT2D eigenvalue weighted by Gasteiger charge is 2.13. The molecule has 3 aromatic rings. The summed E-state index contributed by atoms with van der Waals surface area (Å²) in [6.45, 7) is 1.97. The molecule has 0 aliphatic rings. The smallest absolute Gasteiger partial charge is 0.305 e. The Morgan fingerprint density at radius 2 is 2.00 bits per heavy atom. The third-order valence-corrected chi connectivity index (χ3v) is 3.22. The zero-order valence-electron chi connectivity index (χ0n) is 11.9. The largest absolute Gasteiger partial charge is 0.464 e.